The van der Waals surface area contributed by atoms with Crippen LogP contribution in [0.5, 0.6) is 0 Å². The first-order valence-corrected chi connectivity index (χ1v) is 6.26. The molecule has 0 bridgehead atoms. The summed E-state index contributed by atoms with van der Waals surface area (Å²) >= 11 is 1.52. The van der Waals surface area contributed by atoms with Crippen molar-refractivity contribution in [3.8, 4) is 0 Å². The largest absolute Gasteiger partial charge is 0.356 e. The van der Waals surface area contributed by atoms with Crippen LogP contribution in [-0.2, 0) is 14.4 Å². The molecule has 7 heteroatoms. The summed E-state index contributed by atoms with van der Waals surface area (Å²) in [5, 5.41) is 2.68. The van der Waals surface area contributed by atoms with Gasteiger partial charge < -0.3 is 10.2 Å². The first kappa shape index (κ1) is 14.5. The number of nitrogens with one attached hydrogen (secondary N) is 2. The van der Waals surface area contributed by atoms with Gasteiger partial charge >= 0.3 is 5.97 Å². The minimum absolute atomic E-state index is 0.104. The molecule has 0 fully saturated rings. The van der Waals surface area contributed by atoms with E-state index in [0.717, 1.165) is 10.6 Å². The smallest absolute Gasteiger partial charge is 0.327 e. The maximum atomic E-state index is 11.0. The Balaban J connectivity index is 2.35. The summed E-state index contributed by atoms with van der Waals surface area (Å²) in [6.07, 6.45) is 0.266. The van der Waals surface area contributed by atoms with Crippen LogP contribution in [0, 0.1) is 0 Å². The Bertz CT molecular complexity index is 408. The zero-order valence-electron chi connectivity index (χ0n) is 9.93. The lowest BCUT2D eigenvalue weighted by Gasteiger charge is -2.04. The van der Waals surface area contributed by atoms with Crippen molar-refractivity contribution in [1.82, 2.24) is 5.59 Å². The molecular formula is C11H15N3O3S. The minimum Gasteiger partial charge on any atom is -0.356 e. The third kappa shape index (κ3) is 5.67. The highest BCUT2D eigenvalue weighted by atomic mass is 32.2. The van der Waals surface area contributed by atoms with Crippen molar-refractivity contribution in [2.45, 2.75) is 18.2 Å². The van der Waals surface area contributed by atoms with Crippen molar-refractivity contribution >= 4 is 29.3 Å². The molecule has 0 atom stereocenters. The normalized spacial score (nSPS) is 9.89. The Hall–Kier alpha value is -1.57. The third-order valence-corrected chi connectivity index (χ3v) is 2.94. The van der Waals surface area contributed by atoms with E-state index in [1.807, 2.05) is 29.9 Å². The highest BCUT2D eigenvalue weighted by Gasteiger charge is 2.03. The van der Waals surface area contributed by atoms with Crippen LogP contribution < -0.4 is 16.7 Å². The van der Waals surface area contributed by atoms with E-state index in [-0.39, 0.29) is 12.3 Å². The maximum Gasteiger partial charge on any atom is 0.327 e. The number of thioether (sulfide) groups is 1. The molecule has 1 rings (SSSR count). The van der Waals surface area contributed by atoms with Gasteiger partial charge in [0, 0.05) is 23.3 Å². The predicted molar refractivity (Wildman–Crippen MR) is 69.5 cm³/mol. The molecule has 0 saturated heterocycles. The van der Waals surface area contributed by atoms with Gasteiger partial charge in [-0.25, -0.2) is 5.84 Å². The standard InChI is InChI=1S/C11H15N3O3S/c1-8(15)13-9-2-4-10(5-3-9)18-7-6-11(16)17-14-12/h2-5,14H,6-7,12H2,1H3,(H,13,15). The van der Waals surface area contributed by atoms with Gasteiger partial charge in [0.15, 0.2) is 0 Å². The van der Waals surface area contributed by atoms with Crippen molar-refractivity contribution < 1.29 is 14.4 Å². The number of hydrogen-bond donors (Lipinski definition) is 3. The van der Waals surface area contributed by atoms with E-state index >= 15 is 0 Å². The van der Waals surface area contributed by atoms with E-state index in [9.17, 15) is 9.59 Å². The second-order valence-corrected chi connectivity index (χ2v) is 4.56. The zero-order chi connectivity index (χ0) is 13.4. The summed E-state index contributed by atoms with van der Waals surface area (Å²) < 4.78 is 0. The minimum atomic E-state index is -0.403. The van der Waals surface area contributed by atoms with Crippen molar-refractivity contribution in [3.63, 3.8) is 0 Å². The first-order valence-electron chi connectivity index (χ1n) is 5.27. The number of anilines is 1. The molecule has 0 spiro atoms. The van der Waals surface area contributed by atoms with Gasteiger partial charge in [-0.3, -0.25) is 9.59 Å². The quantitative estimate of drug-likeness (QED) is 0.406. The Kier molecular flexibility index (Phi) is 6.20. The molecule has 0 heterocycles. The molecule has 0 unspecified atom stereocenters. The van der Waals surface area contributed by atoms with E-state index < -0.39 is 5.97 Å². The number of amides is 1. The van der Waals surface area contributed by atoms with Crippen molar-refractivity contribution in [2.24, 2.45) is 5.84 Å². The first-order chi connectivity index (χ1) is 8.61. The van der Waals surface area contributed by atoms with Gasteiger partial charge in [0.1, 0.15) is 0 Å². The highest BCUT2D eigenvalue weighted by Crippen LogP contribution is 2.21. The van der Waals surface area contributed by atoms with E-state index in [1.165, 1.54) is 18.7 Å². The summed E-state index contributed by atoms with van der Waals surface area (Å²) in [5.74, 6) is 4.92. The summed E-state index contributed by atoms with van der Waals surface area (Å²) in [7, 11) is 0. The van der Waals surface area contributed by atoms with Gasteiger partial charge in [0.05, 0.1) is 6.42 Å². The van der Waals surface area contributed by atoms with Crippen molar-refractivity contribution in [2.75, 3.05) is 11.1 Å². The lowest BCUT2D eigenvalue weighted by Crippen LogP contribution is -2.26. The van der Waals surface area contributed by atoms with Gasteiger partial charge in [0.25, 0.3) is 0 Å². The average Bonchev–Trinajstić information content (AvgIpc) is 2.31. The van der Waals surface area contributed by atoms with E-state index in [2.05, 4.69) is 10.2 Å². The fourth-order valence-electron chi connectivity index (χ4n) is 1.21. The number of carbonyl (C=O) groups excluding carboxylic acids is 2. The summed E-state index contributed by atoms with van der Waals surface area (Å²) in [6.45, 7) is 1.46. The molecular weight excluding hydrogens is 254 g/mol. The van der Waals surface area contributed by atoms with Crippen LogP contribution >= 0.6 is 11.8 Å². The van der Waals surface area contributed by atoms with Crippen LogP contribution in [0.3, 0.4) is 0 Å². The number of nitrogens with two attached hydrogens (primary N) is 1. The van der Waals surface area contributed by atoms with Gasteiger partial charge in [-0.05, 0) is 24.3 Å². The molecule has 98 valence electrons. The Morgan fingerprint density at radius 2 is 2.00 bits per heavy atom. The molecule has 1 aromatic rings. The Labute approximate surface area is 109 Å². The van der Waals surface area contributed by atoms with Crippen LogP contribution in [0.1, 0.15) is 13.3 Å². The number of hydrogen-bond acceptors (Lipinski definition) is 6. The van der Waals surface area contributed by atoms with Crippen molar-refractivity contribution in [3.05, 3.63) is 24.3 Å². The molecule has 0 radical (unpaired) electrons. The molecule has 0 aliphatic rings. The Morgan fingerprint density at radius 3 is 2.56 bits per heavy atom. The van der Waals surface area contributed by atoms with Gasteiger partial charge in [-0.2, -0.15) is 0 Å². The van der Waals surface area contributed by atoms with Crippen LogP contribution in [0.15, 0.2) is 29.2 Å². The fourth-order valence-corrected chi connectivity index (χ4v) is 2.04. The third-order valence-electron chi connectivity index (χ3n) is 1.92. The number of rotatable bonds is 6. The van der Waals surface area contributed by atoms with Crippen LogP contribution in [0.25, 0.3) is 0 Å². The monoisotopic (exact) mass is 269 g/mol. The van der Waals surface area contributed by atoms with Gasteiger partial charge in [0.2, 0.25) is 5.91 Å². The second kappa shape index (κ2) is 7.70. The molecule has 0 aliphatic heterocycles. The number of hydrazine groups is 1. The average molecular weight is 269 g/mol. The summed E-state index contributed by atoms with van der Waals surface area (Å²) in [4.78, 5) is 27.2. The van der Waals surface area contributed by atoms with Crippen LogP contribution in [0.2, 0.25) is 0 Å². The van der Waals surface area contributed by atoms with E-state index in [0.29, 0.717) is 5.75 Å². The SMILES string of the molecule is CC(=O)Nc1ccc(SCCC(=O)ONN)cc1. The molecule has 1 aromatic carbocycles. The van der Waals surface area contributed by atoms with E-state index in [1.54, 1.807) is 0 Å². The topological polar surface area (TPSA) is 93.5 Å². The molecule has 0 aromatic heterocycles. The van der Waals surface area contributed by atoms with Gasteiger partial charge in [-0.15, -0.1) is 11.8 Å². The Morgan fingerprint density at radius 1 is 1.33 bits per heavy atom. The second-order valence-electron chi connectivity index (χ2n) is 3.40. The van der Waals surface area contributed by atoms with Crippen LogP contribution in [0.4, 0.5) is 5.69 Å². The van der Waals surface area contributed by atoms with Gasteiger partial charge in [-0.1, -0.05) is 5.59 Å². The summed E-state index contributed by atoms with van der Waals surface area (Å²) in [5.41, 5.74) is 2.59. The van der Waals surface area contributed by atoms with E-state index in [4.69, 9.17) is 5.84 Å². The van der Waals surface area contributed by atoms with Crippen LogP contribution in [-0.4, -0.2) is 17.6 Å². The molecule has 0 saturated carbocycles. The maximum absolute atomic E-state index is 11.0. The molecule has 6 nitrogen and oxygen atoms in total. The van der Waals surface area contributed by atoms with Crippen molar-refractivity contribution in [1.29, 1.82) is 0 Å². The number of carbonyl (C=O) groups is 2. The molecule has 0 aliphatic carbocycles. The lowest BCUT2D eigenvalue weighted by atomic mass is 10.3. The predicted octanol–water partition coefficient (Wildman–Crippen LogP) is 1.05. The molecule has 1 amide bonds. The highest BCUT2D eigenvalue weighted by molar-refractivity contribution is 7.99. The fraction of sp³-hybridized carbons (Fsp3) is 0.273. The molecule has 18 heavy (non-hydrogen) atoms. The lowest BCUT2D eigenvalue weighted by molar-refractivity contribution is -0.150. The summed E-state index contributed by atoms with van der Waals surface area (Å²) in [6, 6.07) is 7.37. The zero-order valence-corrected chi connectivity index (χ0v) is 10.8. The molecule has 4 N–H and O–H groups in total. The number of benzene rings is 1.